The number of aryl methyl sites for hydroxylation is 1. The highest BCUT2D eigenvalue weighted by Crippen LogP contribution is 2.13. The second kappa shape index (κ2) is 6.44. The lowest BCUT2D eigenvalue weighted by molar-refractivity contribution is -0.127. The molecule has 1 aliphatic rings. The van der Waals surface area contributed by atoms with Crippen molar-refractivity contribution in [1.29, 1.82) is 0 Å². The fraction of sp³-hybridized carbons (Fsp3) is 0.500. The third-order valence-electron chi connectivity index (χ3n) is 3.27. The first kappa shape index (κ1) is 15.8. The van der Waals surface area contributed by atoms with Crippen molar-refractivity contribution in [2.75, 3.05) is 19.3 Å². The molecule has 2 rings (SSSR count). The summed E-state index contributed by atoms with van der Waals surface area (Å²) in [6, 6.07) is 3.41. The number of hydrogen-bond donors (Lipinski definition) is 1. The molecule has 1 aromatic rings. The maximum absolute atomic E-state index is 12.1. The Morgan fingerprint density at radius 3 is 2.86 bits per heavy atom. The van der Waals surface area contributed by atoms with Crippen molar-refractivity contribution in [3.05, 3.63) is 29.7 Å². The molecule has 1 saturated heterocycles. The first-order chi connectivity index (χ1) is 9.83. The van der Waals surface area contributed by atoms with Crippen molar-refractivity contribution in [2.24, 2.45) is 0 Å². The normalized spacial score (nSPS) is 20.1. The van der Waals surface area contributed by atoms with Gasteiger partial charge >= 0.3 is 0 Å². The molecule has 1 aliphatic heterocycles. The van der Waals surface area contributed by atoms with Gasteiger partial charge in [0, 0.05) is 25.2 Å². The third-order valence-corrected chi connectivity index (χ3v) is 4.03. The summed E-state index contributed by atoms with van der Waals surface area (Å²) in [5.41, 5.74) is 0. The van der Waals surface area contributed by atoms with Gasteiger partial charge in [-0.3, -0.25) is 4.79 Å². The molecule has 0 saturated carbocycles. The summed E-state index contributed by atoms with van der Waals surface area (Å²) in [5, 5.41) is 0. The second-order valence-electron chi connectivity index (χ2n) is 5.30. The second-order valence-corrected chi connectivity index (χ2v) is 7.08. The Bertz CT molecular complexity index is 633. The predicted octanol–water partition coefficient (Wildman–Crippen LogP) is 1.14. The first-order valence-corrected chi connectivity index (χ1v) is 8.73. The van der Waals surface area contributed by atoms with Gasteiger partial charge in [-0.25, -0.2) is 13.1 Å². The maximum atomic E-state index is 12.1. The van der Waals surface area contributed by atoms with Gasteiger partial charge < -0.3 is 9.32 Å². The van der Waals surface area contributed by atoms with E-state index in [1.807, 2.05) is 13.0 Å². The van der Waals surface area contributed by atoms with Crippen molar-refractivity contribution in [2.45, 2.75) is 25.8 Å². The Morgan fingerprint density at radius 1 is 1.48 bits per heavy atom. The number of piperidine rings is 1. The van der Waals surface area contributed by atoms with E-state index in [2.05, 4.69) is 4.72 Å². The monoisotopic (exact) mass is 312 g/mol. The number of rotatable bonds is 4. The van der Waals surface area contributed by atoms with E-state index in [0.717, 1.165) is 24.9 Å². The molecule has 6 nitrogen and oxygen atoms in total. The van der Waals surface area contributed by atoms with Gasteiger partial charge in [-0.15, -0.1) is 0 Å². The van der Waals surface area contributed by atoms with E-state index in [1.165, 1.54) is 6.08 Å². The smallest absolute Gasteiger partial charge is 0.246 e. The highest BCUT2D eigenvalue weighted by Gasteiger charge is 2.24. The van der Waals surface area contributed by atoms with Gasteiger partial charge in [-0.1, -0.05) is 0 Å². The summed E-state index contributed by atoms with van der Waals surface area (Å²) < 4.78 is 30.4. The minimum atomic E-state index is -3.25. The lowest BCUT2D eigenvalue weighted by Crippen LogP contribution is -2.48. The van der Waals surface area contributed by atoms with Gasteiger partial charge in [-0.05, 0) is 38.0 Å². The Hall–Kier alpha value is -1.60. The van der Waals surface area contributed by atoms with E-state index in [4.69, 9.17) is 4.42 Å². The summed E-state index contributed by atoms with van der Waals surface area (Å²) in [6.45, 7) is 2.88. The van der Waals surface area contributed by atoms with E-state index in [9.17, 15) is 13.2 Å². The van der Waals surface area contributed by atoms with Crippen LogP contribution in [-0.2, 0) is 14.8 Å². The average molecular weight is 312 g/mol. The molecule has 0 aliphatic carbocycles. The van der Waals surface area contributed by atoms with Crippen LogP contribution < -0.4 is 4.72 Å². The molecule has 0 unspecified atom stereocenters. The molecule has 1 N–H and O–H groups in total. The van der Waals surface area contributed by atoms with Gasteiger partial charge in [0.2, 0.25) is 15.9 Å². The lowest BCUT2D eigenvalue weighted by Gasteiger charge is -2.32. The van der Waals surface area contributed by atoms with E-state index < -0.39 is 10.0 Å². The Labute approximate surface area is 124 Å². The predicted molar refractivity (Wildman–Crippen MR) is 80.1 cm³/mol. The third kappa shape index (κ3) is 5.02. The van der Waals surface area contributed by atoms with E-state index >= 15 is 0 Å². The van der Waals surface area contributed by atoms with Crippen molar-refractivity contribution in [3.63, 3.8) is 0 Å². The number of sulfonamides is 1. The zero-order valence-electron chi connectivity index (χ0n) is 12.2. The zero-order valence-corrected chi connectivity index (χ0v) is 13.0. The fourth-order valence-corrected chi connectivity index (χ4v) is 3.18. The molecule has 1 fully saturated rings. The number of nitrogens with one attached hydrogen (secondary N) is 1. The number of carbonyl (C=O) groups is 1. The highest BCUT2D eigenvalue weighted by atomic mass is 32.2. The molecule has 116 valence electrons. The number of nitrogens with zero attached hydrogens (tertiary/aromatic N) is 1. The Morgan fingerprint density at radius 2 is 2.24 bits per heavy atom. The van der Waals surface area contributed by atoms with Crippen LogP contribution in [0, 0.1) is 6.92 Å². The SMILES string of the molecule is Cc1ccc(/C=C\C(=O)N2CCC[C@H](NS(C)(=O)=O)C2)o1. The summed E-state index contributed by atoms with van der Waals surface area (Å²) in [6.07, 6.45) is 5.75. The average Bonchev–Trinajstić information content (AvgIpc) is 2.80. The summed E-state index contributed by atoms with van der Waals surface area (Å²) in [5.74, 6) is 1.28. The van der Waals surface area contributed by atoms with Crippen LogP contribution >= 0.6 is 0 Å². The summed E-state index contributed by atoms with van der Waals surface area (Å²) in [7, 11) is -3.25. The number of likely N-dealkylation sites (tertiary alicyclic amines) is 1. The largest absolute Gasteiger partial charge is 0.462 e. The molecule has 7 heteroatoms. The molecular formula is C14H20N2O4S. The quantitative estimate of drug-likeness (QED) is 0.846. The van der Waals surface area contributed by atoms with Crippen molar-refractivity contribution in [3.8, 4) is 0 Å². The summed E-state index contributed by atoms with van der Waals surface area (Å²) >= 11 is 0. The molecule has 0 bridgehead atoms. The maximum Gasteiger partial charge on any atom is 0.246 e. The molecule has 0 spiro atoms. The number of carbonyl (C=O) groups excluding carboxylic acids is 1. The molecule has 2 heterocycles. The number of hydrogen-bond acceptors (Lipinski definition) is 4. The van der Waals surface area contributed by atoms with Gasteiger partial charge in [0.05, 0.1) is 6.26 Å². The Balaban J connectivity index is 1.94. The summed E-state index contributed by atoms with van der Waals surface area (Å²) in [4.78, 5) is 13.8. The molecule has 1 atom stereocenters. The lowest BCUT2D eigenvalue weighted by atomic mass is 10.1. The standard InChI is InChI=1S/C14H20N2O4S/c1-11-5-6-13(20-11)7-8-14(17)16-9-3-4-12(10-16)15-21(2,18)19/h5-8,12,15H,3-4,9-10H2,1-2H3/b8-7-/t12-/m0/s1. The highest BCUT2D eigenvalue weighted by molar-refractivity contribution is 7.88. The molecule has 0 radical (unpaired) electrons. The van der Waals surface area contributed by atoms with Crippen LogP contribution in [0.15, 0.2) is 22.6 Å². The minimum absolute atomic E-state index is 0.135. The van der Waals surface area contributed by atoms with E-state index in [-0.39, 0.29) is 11.9 Å². The van der Waals surface area contributed by atoms with Crippen molar-refractivity contribution in [1.82, 2.24) is 9.62 Å². The molecular weight excluding hydrogens is 292 g/mol. The number of furan rings is 1. The molecule has 1 amide bonds. The van der Waals surface area contributed by atoms with Gasteiger partial charge in [0.15, 0.2) is 0 Å². The van der Waals surface area contributed by atoms with Crippen LogP contribution in [0.3, 0.4) is 0 Å². The molecule has 0 aromatic carbocycles. The van der Waals surface area contributed by atoms with Gasteiger partial charge in [0.1, 0.15) is 11.5 Å². The van der Waals surface area contributed by atoms with E-state index in [1.54, 1.807) is 17.0 Å². The zero-order chi connectivity index (χ0) is 15.5. The van der Waals surface area contributed by atoms with E-state index in [0.29, 0.717) is 18.8 Å². The first-order valence-electron chi connectivity index (χ1n) is 6.84. The van der Waals surface area contributed by atoms with Crippen LogP contribution in [0.5, 0.6) is 0 Å². The van der Waals surface area contributed by atoms with Crippen LogP contribution in [0.4, 0.5) is 0 Å². The van der Waals surface area contributed by atoms with Crippen LogP contribution in [0.25, 0.3) is 6.08 Å². The molecule has 21 heavy (non-hydrogen) atoms. The molecule has 1 aromatic heterocycles. The van der Waals surface area contributed by atoms with Crippen molar-refractivity contribution >= 4 is 22.0 Å². The van der Waals surface area contributed by atoms with Crippen LogP contribution in [-0.4, -0.2) is 44.6 Å². The Kier molecular flexibility index (Phi) is 4.84. The van der Waals surface area contributed by atoms with Crippen molar-refractivity contribution < 1.29 is 17.6 Å². The van der Waals surface area contributed by atoms with Crippen LogP contribution in [0.1, 0.15) is 24.4 Å². The number of amides is 1. The van der Waals surface area contributed by atoms with Gasteiger partial charge in [-0.2, -0.15) is 0 Å². The fourth-order valence-electron chi connectivity index (χ4n) is 2.38. The minimum Gasteiger partial charge on any atom is -0.462 e. The topological polar surface area (TPSA) is 79.6 Å². The van der Waals surface area contributed by atoms with Crippen LogP contribution in [0.2, 0.25) is 0 Å². The van der Waals surface area contributed by atoms with Gasteiger partial charge in [0.25, 0.3) is 0 Å².